The van der Waals surface area contributed by atoms with Crippen LogP contribution in [0.25, 0.3) is 0 Å². The molecule has 1 saturated heterocycles. The largest absolute Gasteiger partial charge is 0.357 e. The highest BCUT2D eigenvalue weighted by molar-refractivity contribution is 5.94. The number of nitrogens with zero attached hydrogens (tertiary/aromatic N) is 4. The number of carbonyl (C=O) groups excluding carboxylic acids is 1. The van der Waals surface area contributed by atoms with E-state index in [4.69, 9.17) is 5.26 Å². The van der Waals surface area contributed by atoms with Gasteiger partial charge in [-0.15, -0.1) is 0 Å². The number of hydrogen-bond acceptors (Lipinski definition) is 5. The number of carbonyl (C=O) groups is 1. The predicted molar refractivity (Wildman–Crippen MR) is 95.2 cm³/mol. The second-order valence-electron chi connectivity index (χ2n) is 6.20. The normalized spacial score (nSPS) is 14.0. The van der Waals surface area contributed by atoms with Crippen LogP contribution in [-0.4, -0.2) is 29.0 Å². The van der Waals surface area contributed by atoms with Crippen molar-refractivity contribution in [2.75, 3.05) is 18.0 Å². The van der Waals surface area contributed by atoms with E-state index >= 15 is 0 Å². The first-order valence-corrected chi connectivity index (χ1v) is 8.53. The molecule has 6 nitrogen and oxygen atoms in total. The van der Waals surface area contributed by atoms with E-state index < -0.39 is 0 Å². The lowest BCUT2D eigenvalue weighted by Gasteiger charge is -2.28. The van der Waals surface area contributed by atoms with Crippen LogP contribution in [0.5, 0.6) is 0 Å². The number of piperidine rings is 1. The van der Waals surface area contributed by atoms with Crippen molar-refractivity contribution in [1.82, 2.24) is 15.3 Å². The van der Waals surface area contributed by atoms with Crippen molar-refractivity contribution in [2.24, 2.45) is 0 Å². The number of nitrogens with one attached hydrogen (secondary N) is 1. The zero-order valence-electron chi connectivity index (χ0n) is 14.3. The van der Waals surface area contributed by atoms with Crippen molar-refractivity contribution in [2.45, 2.75) is 32.7 Å². The molecule has 1 aromatic heterocycles. The van der Waals surface area contributed by atoms with E-state index in [-0.39, 0.29) is 12.5 Å². The Labute approximate surface area is 147 Å². The fraction of sp³-hybridized carbons (Fsp3) is 0.368. The maximum absolute atomic E-state index is 12.2. The molecule has 3 rings (SSSR count). The summed E-state index contributed by atoms with van der Waals surface area (Å²) in [7, 11) is 0. The van der Waals surface area contributed by atoms with E-state index in [0.29, 0.717) is 17.0 Å². The van der Waals surface area contributed by atoms with E-state index in [2.05, 4.69) is 20.2 Å². The maximum Gasteiger partial charge on any atom is 0.251 e. The molecule has 1 N–H and O–H groups in total. The first kappa shape index (κ1) is 16.9. The summed E-state index contributed by atoms with van der Waals surface area (Å²) in [5.41, 5.74) is 1.95. The molecule has 0 bridgehead atoms. The maximum atomic E-state index is 12.2. The lowest BCUT2D eigenvalue weighted by molar-refractivity contribution is 0.0950. The van der Waals surface area contributed by atoms with Crippen molar-refractivity contribution in [3.63, 3.8) is 0 Å². The third-order valence-corrected chi connectivity index (χ3v) is 4.25. The first-order chi connectivity index (χ1) is 12.2. The Morgan fingerprint density at radius 3 is 2.60 bits per heavy atom. The quantitative estimate of drug-likeness (QED) is 0.928. The summed E-state index contributed by atoms with van der Waals surface area (Å²) in [6.07, 6.45) is 3.65. The second kappa shape index (κ2) is 7.75. The summed E-state index contributed by atoms with van der Waals surface area (Å²) < 4.78 is 0. The molecule has 1 amide bonds. The van der Waals surface area contributed by atoms with Gasteiger partial charge < -0.3 is 10.2 Å². The summed E-state index contributed by atoms with van der Waals surface area (Å²) in [6.45, 7) is 4.27. The number of amides is 1. The van der Waals surface area contributed by atoms with Crippen LogP contribution in [0.4, 0.5) is 5.82 Å². The third kappa shape index (κ3) is 4.32. The minimum Gasteiger partial charge on any atom is -0.357 e. The van der Waals surface area contributed by atoms with Gasteiger partial charge in [0, 0.05) is 30.4 Å². The molecule has 6 heteroatoms. The highest BCUT2D eigenvalue weighted by atomic mass is 16.1. The third-order valence-electron chi connectivity index (χ3n) is 4.25. The fourth-order valence-electron chi connectivity index (χ4n) is 2.93. The van der Waals surface area contributed by atoms with Gasteiger partial charge in [0.05, 0.1) is 18.2 Å². The van der Waals surface area contributed by atoms with Gasteiger partial charge in [-0.1, -0.05) is 0 Å². The monoisotopic (exact) mass is 335 g/mol. The van der Waals surface area contributed by atoms with Gasteiger partial charge >= 0.3 is 0 Å². The zero-order valence-corrected chi connectivity index (χ0v) is 14.3. The van der Waals surface area contributed by atoms with Crippen LogP contribution in [0.2, 0.25) is 0 Å². The number of anilines is 1. The van der Waals surface area contributed by atoms with Gasteiger partial charge in [0.1, 0.15) is 11.6 Å². The van der Waals surface area contributed by atoms with Crippen LogP contribution in [-0.2, 0) is 6.54 Å². The van der Waals surface area contributed by atoms with Crippen molar-refractivity contribution >= 4 is 11.7 Å². The van der Waals surface area contributed by atoms with Crippen LogP contribution in [0, 0.1) is 18.3 Å². The molecule has 0 radical (unpaired) electrons. The summed E-state index contributed by atoms with van der Waals surface area (Å²) in [6, 6.07) is 10.6. The van der Waals surface area contributed by atoms with Crippen LogP contribution < -0.4 is 10.2 Å². The Morgan fingerprint density at radius 2 is 1.92 bits per heavy atom. The molecule has 2 aromatic rings. The van der Waals surface area contributed by atoms with Gasteiger partial charge in [-0.2, -0.15) is 5.26 Å². The molecule has 0 spiro atoms. The molecular weight excluding hydrogens is 314 g/mol. The van der Waals surface area contributed by atoms with Crippen molar-refractivity contribution in [3.8, 4) is 6.07 Å². The molecule has 1 aliphatic heterocycles. The van der Waals surface area contributed by atoms with Gasteiger partial charge in [0.2, 0.25) is 0 Å². The molecular formula is C19H21N5O. The van der Waals surface area contributed by atoms with E-state index in [1.807, 2.05) is 19.1 Å². The van der Waals surface area contributed by atoms with Crippen molar-refractivity contribution in [3.05, 3.63) is 53.0 Å². The van der Waals surface area contributed by atoms with Gasteiger partial charge in [-0.25, -0.2) is 9.97 Å². The van der Waals surface area contributed by atoms with Gasteiger partial charge in [0.15, 0.2) is 0 Å². The molecule has 25 heavy (non-hydrogen) atoms. The highest BCUT2D eigenvalue weighted by Gasteiger charge is 2.14. The average Bonchev–Trinajstić information content (AvgIpc) is 2.66. The zero-order chi connectivity index (χ0) is 17.6. The Balaban J connectivity index is 1.66. The van der Waals surface area contributed by atoms with Crippen LogP contribution in [0.3, 0.4) is 0 Å². The van der Waals surface area contributed by atoms with Crippen molar-refractivity contribution in [1.29, 1.82) is 5.26 Å². The predicted octanol–water partition coefficient (Wildman–Crippen LogP) is 2.58. The average molecular weight is 335 g/mol. The van der Waals surface area contributed by atoms with Crippen LogP contribution in [0.1, 0.15) is 46.7 Å². The molecule has 1 aliphatic rings. The van der Waals surface area contributed by atoms with Crippen molar-refractivity contribution < 1.29 is 4.79 Å². The molecule has 1 aromatic carbocycles. The first-order valence-electron chi connectivity index (χ1n) is 8.53. The van der Waals surface area contributed by atoms with Crippen LogP contribution in [0.15, 0.2) is 30.3 Å². The van der Waals surface area contributed by atoms with E-state index in [1.165, 1.54) is 19.3 Å². The minimum atomic E-state index is -0.200. The highest BCUT2D eigenvalue weighted by Crippen LogP contribution is 2.18. The molecule has 0 atom stereocenters. The Hall–Kier alpha value is -2.94. The standard InChI is InChI=1S/C19H21N5O/c1-14-11-18(24-9-3-2-4-10-24)23-17(22-14)13-21-19(25)16-7-5-15(12-20)6-8-16/h5-8,11H,2-4,9-10,13H2,1H3,(H,21,25). The second-order valence-corrected chi connectivity index (χ2v) is 6.20. The Morgan fingerprint density at radius 1 is 1.20 bits per heavy atom. The van der Waals surface area contributed by atoms with Crippen LogP contribution >= 0.6 is 0 Å². The van der Waals surface area contributed by atoms with E-state index in [9.17, 15) is 4.79 Å². The molecule has 1 fully saturated rings. The smallest absolute Gasteiger partial charge is 0.251 e. The van der Waals surface area contributed by atoms with Gasteiger partial charge in [0.25, 0.3) is 5.91 Å². The number of aromatic nitrogens is 2. The summed E-state index contributed by atoms with van der Waals surface area (Å²) >= 11 is 0. The number of aryl methyl sites for hydroxylation is 1. The molecule has 0 saturated carbocycles. The topological polar surface area (TPSA) is 81.9 Å². The minimum absolute atomic E-state index is 0.200. The number of rotatable bonds is 4. The number of benzene rings is 1. The SMILES string of the molecule is Cc1cc(N2CCCCC2)nc(CNC(=O)c2ccc(C#N)cc2)n1. The fourth-order valence-corrected chi connectivity index (χ4v) is 2.93. The van der Waals surface area contributed by atoms with Gasteiger partial charge in [-0.3, -0.25) is 4.79 Å². The Kier molecular flexibility index (Phi) is 5.24. The summed E-state index contributed by atoms with van der Waals surface area (Å²) in [4.78, 5) is 23.5. The molecule has 0 aliphatic carbocycles. The van der Waals surface area contributed by atoms with E-state index in [0.717, 1.165) is 24.6 Å². The lowest BCUT2D eigenvalue weighted by atomic mass is 10.1. The number of nitriles is 1. The van der Waals surface area contributed by atoms with E-state index in [1.54, 1.807) is 24.3 Å². The summed E-state index contributed by atoms with van der Waals surface area (Å²) in [5.74, 6) is 1.35. The van der Waals surface area contributed by atoms with Gasteiger partial charge in [-0.05, 0) is 50.5 Å². The lowest BCUT2D eigenvalue weighted by Crippen LogP contribution is -2.31. The molecule has 2 heterocycles. The number of hydrogen-bond donors (Lipinski definition) is 1. The summed E-state index contributed by atoms with van der Waals surface area (Å²) in [5, 5.41) is 11.7. The molecule has 0 unspecified atom stereocenters. The Bertz CT molecular complexity index is 788. The molecule has 128 valence electrons.